The number of amides is 3. The number of aromatic nitrogens is 1. The molecule has 0 radical (unpaired) electrons. The molecule has 2 saturated carbocycles. The van der Waals surface area contributed by atoms with Crippen molar-refractivity contribution in [3.63, 3.8) is 0 Å². The number of hydrogen-bond acceptors (Lipinski definition) is 3. The number of anilines is 1. The minimum atomic E-state index is -0.768. The third-order valence-corrected chi connectivity index (χ3v) is 4.63. The summed E-state index contributed by atoms with van der Waals surface area (Å²) in [6, 6.07) is 1.50. The van der Waals surface area contributed by atoms with Crippen LogP contribution in [0.4, 0.5) is 10.5 Å². The van der Waals surface area contributed by atoms with Crippen LogP contribution in [0.2, 0.25) is 0 Å². The van der Waals surface area contributed by atoms with Crippen LogP contribution in [0.15, 0.2) is 18.5 Å². The molecule has 1 aromatic rings. The second-order valence-electron chi connectivity index (χ2n) is 6.77. The smallest absolute Gasteiger partial charge is 0.320 e. The molecule has 3 N–H and O–H groups in total. The molecule has 2 aliphatic rings. The highest BCUT2D eigenvalue weighted by molar-refractivity contribution is 5.96. The molecule has 0 atom stereocenters. The lowest BCUT2D eigenvalue weighted by atomic mass is 9.96. The molecule has 6 nitrogen and oxygen atoms in total. The number of nitrogens with one attached hydrogen (secondary N) is 3. The van der Waals surface area contributed by atoms with E-state index in [1.807, 2.05) is 13.0 Å². The zero-order chi connectivity index (χ0) is 16.3. The Morgan fingerprint density at radius 1 is 1.26 bits per heavy atom. The molecule has 3 rings (SSSR count). The van der Waals surface area contributed by atoms with Crippen LogP contribution >= 0.6 is 0 Å². The average Bonchev–Trinajstić information content (AvgIpc) is 3.22. The van der Waals surface area contributed by atoms with Gasteiger partial charge in [0.15, 0.2) is 0 Å². The van der Waals surface area contributed by atoms with E-state index in [-0.39, 0.29) is 11.9 Å². The van der Waals surface area contributed by atoms with Crippen LogP contribution in [0.5, 0.6) is 0 Å². The lowest BCUT2D eigenvalue weighted by molar-refractivity contribution is -0.127. The van der Waals surface area contributed by atoms with Gasteiger partial charge in [-0.1, -0.05) is 12.8 Å². The standard InChI is InChI=1S/C17H24N4O2/c1-12-8-14(11-18-9-12)20-16(23)21-17(6-2-3-7-17)15(22)19-10-13-4-5-13/h8-9,11,13H,2-7,10H2,1H3,(H,19,22)(H2,20,21,23). The van der Waals surface area contributed by atoms with E-state index in [4.69, 9.17) is 0 Å². The zero-order valence-electron chi connectivity index (χ0n) is 13.5. The van der Waals surface area contributed by atoms with Gasteiger partial charge >= 0.3 is 6.03 Å². The van der Waals surface area contributed by atoms with Gasteiger partial charge in [-0.15, -0.1) is 0 Å². The van der Waals surface area contributed by atoms with E-state index in [2.05, 4.69) is 20.9 Å². The van der Waals surface area contributed by atoms with Crippen LogP contribution < -0.4 is 16.0 Å². The molecule has 0 aliphatic heterocycles. The Kier molecular flexibility index (Phi) is 4.50. The summed E-state index contributed by atoms with van der Waals surface area (Å²) in [5.41, 5.74) is 0.838. The van der Waals surface area contributed by atoms with E-state index >= 15 is 0 Å². The van der Waals surface area contributed by atoms with Gasteiger partial charge in [-0.25, -0.2) is 4.79 Å². The van der Waals surface area contributed by atoms with Crippen molar-refractivity contribution >= 4 is 17.6 Å². The van der Waals surface area contributed by atoms with E-state index in [0.717, 1.165) is 24.9 Å². The van der Waals surface area contributed by atoms with Gasteiger partial charge in [0.05, 0.1) is 11.9 Å². The number of nitrogens with zero attached hydrogens (tertiary/aromatic N) is 1. The van der Waals surface area contributed by atoms with Crippen molar-refractivity contribution in [1.82, 2.24) is 15.6 Å². The molecule has 23 heavy (non-hydrogen) atoms. The molecule has 124 valence electrons. The Morgan fingerprint density at radius 2 is 2.00 bits per heavy atom. The number of aryl methyl sites for hydroxylation is 1. The number of hydrogen-bond donors (Lipinski definition) is 3. The van der Waals surface area contributed by atoms with Crippen molar-refractivity contribution in [2.45, 2.75) is 51.0 Å². The molecule has 0 aromatic carbocycles. The van der Waals surface area contributed by atoms with Gasteiger partial charge in [0.25, 0.3) is 0 Å². The van der Waals surface area contributed by atoms with Crippen molar-refractivity contribution < 1.29 is 9.59 Å². The maximum Gasteiger partial charge on any atom is 0.320 e. The highest BCUT2D eigenvalue weighted by Gasteiger charge is 2.42. The predicted octanol–water partition coefficient (Wildman–Crippen LogP) is 2.35. The Labute approximate surface area is 136 Å². The van der Waals surface area contributed by atoms with Gasteiger partial charge < -0.3 is 16.0 Å². The first-order valence-electron chi connectivity index (χ1n) is 8.36. The van der Waals surface area contributed by atoms with Crippen LogP contribution in [0.1, 0.15) is 44.1 Å². The molecule has 0 spiro atoms. The highest BCUT2D eigenvalue weighted by atomic mass is 16.2. The largest absolute Gasteiger partial charge is 0.354 e. The summed E-state index contributed by atoms with van der Waals surface area (Å²) in [5.74, 6) is 0.587. The maximum absolute atomic E-state index is 12.6. The Balaban J connectivity index is 1.61. The number of urea groups is 1. The minimum absolute atomic E-state index is 0.0422. The lowest BCUT2D eigenvalue weighted by Crippen LogP contribution is -2.58. The first kappa shape index (κ1) is 15.8. The normalized spacial score (nSPS) is 19.2. The summed E-state index contributed by atoms with van der Waals surface area (Å²) >= 11 is 0. The first-order valence-corrected chi connectivity index (χ1v) is 8.36. The molecule has 1 heterocycles. The van der Waals surface area contributed by atoms with Crippen LogP contribution in [0.25, 0.3) is 0 Å². The SMILES string of the molecule is Cc1cncc(NC(=O)NC2(C(=O)NCC3CC3)CCCC2)c1. The molecule has 0 bridgehead atoms. The van der Waals surface area contributed by atoms with Crippen LogP contribution in [0.3, 0.4) is 0 Å². The molecule has 3 amide bonds. The third-order valence-electron chi connectivity index (χ3n) is 4.63. The molecule has 0 saturated heterocycles. The first-order chi connectivity index (χ1) is 11.1. The van der Waals surface area contributed by atoms with E-state index < -0.39 is 5.54 Å². The van der Waals surface area contributed by atoms with Gasteiger partial charge in [0.2, 0.25) is 5.91 Å². The summed E-state index contributed by atoms with van der Waals surface area (Å²) in [5, 5.41) is 8.70. The van der Waals surface area contributed by atoms with Gasteiger partial charge in [-0.2, -0.15) is 0 Å². The fraction of sp³-hybridized carbons (Fsp3) is 0.588. The predicted molar refractivity (Wildman–Crippen MR) is 88.1 cm³/mol. The topological polar surface area (TPSA) is 83.1 Å². The Morgan fingerprint density at radius 3 is 2.65 bits per heavy atom. The van der Waals surface area contributed by atoms with Gasteiger partial charge in [0, 0.05) is 12.7 Å². The summed E-state index contributed by atoms with van der Waals surface area (Å²) in [4.78, 5) is 28.9. The molecule has 2 fully saturated rings. The zero-order valence-corrected chi connectivity index (χ0v) is 13.5. The summed E-state index contributed by atoms with van der Waals surface area (Å²) in [7, 11) is 0. The van der Waals surface area contributed by atoms with Crippen molar-refractivity contribution in [1.29, 1.82) is 0 Å². The minimum Gasteiger partial charge on any atom is -0.354 e. The van der Waals surface area contributed by atoms with E-state index in [0.29, 0.717) is 24.4 Å². The van der Waals surface area contributed by atoms with E-state index in [1.54, 1.807) is 12.4 Å². The van der Waals surface area contributed by atoms with E-state index in [1.165, 1.54) is 12.8 Å². The fourth-order valence-electron chi connectivity index (χ4n) is 3.12. The van der Waals surface area contributed by atoms with Crippen molar-refractivity contribution in [2.75, 3.05) is 11.9 Å². The molecule has 2 aliphatic carbocycles. The summed E-state index contributed by atoms with van der Waals surface area (Å²) < 4.78 is 0. The molecule has 0 unspecified atom stereocenters. The van der Waals surface area contributed by atoms with Gasteiger partial charge in [0.1, 0.15) is 5.54 Å². The van der Waals surface area contributed by atoms with Gasteiger partial charge in [-0.3, -0.25) is 9.78 Å². The van der Waals surface area contributed by atoms with Gasteiger partial charge in [-0.05, 0) is 50.2 Å². The number of rotatable bonds is 5. The Hall–Kier alpha value is -2.11. The molecular formula is C17H24N4O2. The molecule has 1 aromatic heterocycles. The summed E-state index contributed by atoms with van der Waals surface area (Å²) in [6.07, 6.45) is 9.04. The van der Waals surface area contributed by atoms with Crippen LogP contribution in [-0.2, 0) is 4.79 Å². The number of pyridine rings is 1. The molecular weight excluding hydrogens is 292 g/mol. The van der Waals surface area contributed by atoms with Crippen molar-refractivity contribution in [3.05, 3.63) is 24.0 Å². The van der Waals surface area contributed by atoms with Crippen molar-refractivity contribution in [2.24, 2.45) is 5.92 Å². The fourth-order valence-corrected chi connectivity index (χ4v) is 3.12. The third kappa shape index (κ3) is 4.00. The highest BCUT2D eigenvalue weighted by Crippen LogP contribution is 2.31. The number of carbonyl (C=O) groups is 2. The van der Waals surface area contributed by atoms with E-state index in [9.17, 15) is 9.59 Å². The second kappa shape index (κ2) is 6.56. The quantitative estimate of drug-likeness (QED) is 0.780. The second-order valence-corrected chi connectivity index (χ2v) is 6.77. The molecule has 6 heteroatoms. The Bertz CT molecular complexity index is 592. The van der Waals surface area contributed by atoms with Crippen LogP contribution in [-0.4, -0.2) is 29.0 Å². The maximum atomic E-state index is 12.6. The lowest BCUT2D eigenvalue weighted by Gasteiger charge is -2.29. The van der Waals surface area contributed by atoms with Crippen molar-refractivity contribution in [3.8, 4) is 0 Å². The number of carbonyl (C=O) groups excluding carboxylic acids is 2. The van der Waals surface area contributed by atoms with Crippen LogP contribution in [0, 0.1) is 12.8 Å². The average molecular weight is 316 g/mol. The summed E-state index contributed by atoms with van der Waals surface area (Å²) in [6.45, 7) is 2.64. The monoisotopic (exact) mass is 316 g/mol.